The van der Waals surface area contributed by atoms with E-state index < -0.39 is 97.5 Å². The molecule has 0 fully saturated rings. The van der Waals surface area contributed by atoms with Gasteiger partial charge < -0.3 is 33.8 Å². The van der Waals surface area contributed by atoms with E-state index >= 15 is 0 Å². The summed E-state index contributed by atoms with van der Waals surface area (Å²) in [7, 11) is -9.91. The number of hydrogen-bond donors (Lipinski definition) is 3. The minimum absolute atomic E-state index is 0.0854. The van der Waals surface area contributed by atoms with Crippen molar-refractivity contribution in [3.63, 3.8) is 0 Å². The second kappa shape index (κ2) is 62.0. The summed E-state index contributed by atoms with van der Waals surface area (Å²) in [5.74, 6) is -1.44. The Labute approximate surface area is 535 Å². The first-order chi connectivity index (χ1) is 42.5. The molecule has 0 aromatic carbocycles. The lowest BCUT2D eigenvalue weighted by atomic mass is 10.0. The molecule has 88 heavy (non-hydrogen) atoms. The zero-order chi connectivity index (χ0) is 64.9. The molecule has 0 radical (unpaired) electrons. The molecule has 19 heteroatoms. The minimum Gasteiger partial charge on any atom is -0.462 e. The van der Waals surface area contributed by atoms with Crippen molar-refractivity contribution in [2.75, 3.05) is 39.6 Å². The standard InChI is InChI=1S/C69H130O17P2/c1-6-9-12-15-18-21-23-25-27-29-31-33-39-44-49-54-68(73)85-65(59-80-67(72)53-48-43-38-32-30-28-26-24-22-19-16-13-10-7-2)61-84-88(77,78)82-57-63(70)56-81-87(75,76)83-60-64(58-79-66(71)52-47-42-37-20-17-14-11-8-3)86-69(74)55-50-45-40-35-34-36-41-46-51-62(4)5/h21,23,25,27,62-65,70H,6-20,22,24,26,28-61H2,1-5H3,(H,75,76)(H,77,78)/b23-21-,27-25-/t63-,64+,65+/m0/s1. The topological polar surface area (TPSA) is 237 Å². The molecule has 2 unspecified atom stereocenters. The third-order valence-electron chi connectivity index (χ3n) is 15.4. The first-order valence-electron chi connectivity index (χ1n) is 35.5. The van der Waals surface area contributed by atoms with Crippen LogP contribution in [0.2, 0.25) is 0 Å². The van der Waals surface area contributed by atoms with Gasteiger partial charge in [-0.1, -0.05) is 277 Å². The normalized spacial score (nSPS) is 14.3. The number of carbonyl (C=O) groups is 4. The van der Waals surface area contributed by atoms with Gasteiger partial charge in [-0.2, -0.15) is 0 Å². The summed E-state index contributed by atoms with van der Waals surface area (Å²) in [5.41, 5.74) is 0. The number of phosphoric acid groups is 2. The molecule has 3 N–H and O–H groups in total. The number of hydrogen-bond acceptors (Lipinski definition) is 15. The van der Waals surface area contributed by atoms with Gasteiger partial charge in [0.25, 0.3) is 0 Å². The van der Waals surface area contributed by atoms with Crippen LogP contribution in [0.3, 0.4) is 0 Å². The number of esters is 4. The van der Waals surface area contributed by atoms with Gasteiger partial charge in [-0.05, 0) is 57.3 Å². The minimum atomic E-state index is -4.96. The lowest BCUT2D eigenvalue weighted by Gasteiger charge is -2.21. The lowest BCUT2D eigenvalue weighted by molar-refractivity contribution is -0.161. The van der Waals surface area contributed by atoms with E-state index in [0.717, 1.165) is 115 Å². The molecule has 17 nitrogen and oxygen atoms in total. The summed E-state index contributed by atoms with van der Waals surface area (Å²) >= 11 is 0. The van der Waals surface area contributed by atoms with Gasteiger partial charge in [-0.3, -0.25) is 37.3 Å². The number of aliphatic hydroxyl groups excluding tert-OH is 1. The molecule has 0 saturated carbocycles. The van der Waals surface area contributed by atoms with Crippen LogP contribution in [-0.2, 0) is 65.4 Å². The highest BCUT2D eigenvalue weighted by atomic mass is 31.2. The van der Waals surface area contributed by atoms with Crippen molar-refractivity contribution in [3.8, 4) is 0 Å². The Hall–Kier alpha value is -2.46. The largest absolute Gasteiger partial charge is 0.472 e. The van der Waals surface area contributed by atoms with Crippen LogP contribution in [0.15, 0.2) is 24.3 Å². The SMILES string of the molecule is CCCCCC/C=C\C=C/CCCCCCCC(=O)O[C@H](COC(=O)CCCCCCCCCCCCCCCC)COP(=O)(O)OC[C@@H](O)COP(=O)(O)OC[C@@H](COC(=O)CCCCCCCCCC)OC(=O)CCCCCCCCCCC(C)C. The van der Waals surface area contributed by atoms with Crippen molar-refractivity contribution in [3.05, 3.63) is 24.3 Å². The number of rotatable bonds is 67. The number of unbranched alkanes of at least 4 members (excludes halogenated alkanes) is 36. The zero-order valence-electron chi connectivity index (χ0n) is 56.3. The molecule has 0 aromatic rings. The van der Waals surface area contributed by atoms with Crippen LogP contribution in [-0.4, -0.2) is 96.7 Å². The maximum absolute atomic E-state index is 13.0. The molecule has 518 valence electrons. The first kappa shape index (κ1) is 85.5. The second-order valence-corrected chi connectivity index (χ2v) is 27.6. The molecule has 0 aliphatic carbocycles. The molecular weight excluding hydrogens is 1160 g/mol. The summed E-state index contributed by atoms with van der Waals surface area (Å²) in [5, 5.41) is 10.6. The van der Waals surface area contributed by atoms with E-state index in [-0.39, 0.29) is 25.7 Å². The van der Waals surface area contributed by atoms with Gasteiger partial charge in [0.2, 0.25) is 0 Å². The molecular formula is C69H130O17P2. The number of carbonyl (C=O) groups excluding carboxylic acids is 4. The maximum atomic E-state index is 13.0. The quantitative estimate of drug-likeness (QED) is 0.0169. The number of phosphoric ester groups is 2. The second-order valence-electron chi connectivity index (χ2n) is 24.7. The summed E-state index contributed by atoms with van der Waals surface area (Å²) in [4.78, 5) is 72.4. The van der Waals surface area contributed by atoms with E-state index in [4.69, 9.17) is 37.0 Å². The van der Waals surface area contributed by atoms with Crippen molar-refractivity contribution < 1.29 is 80.2 Å². The van der Waals surface area contributed by atoms with Crippen LogP contribution in [0.5, 0.6) is 0 Å². The Bertz CT molecular complexity index is 1800. The highest BCUT2D eigenvalue weighted by Crippen LogP contribution is 2.45. The predicted octanol–water partition coefficient (Wildman–Crippen LogP) is 19.3. The summed E-state index contributed by atoms with van der Waals surface area (Å²) in [6, 6.07) is 0. The summed E-state index contributed by atoms with van der Waals surface area (Å²) in [6.45, 7) is 7.10. The van der Waals surface area contributed by atoms with Gasteiger partial charge in [0, 0.05) is 25.7 Å². The van der Waals surface area contributed by atoms with Crippen LogP contribution in [0.4, 0.5) is 0 Å². The molecule has 0 aliphatic rings. The molecule has 0 spiro atoms. The van der Waals surface area contributed by atoms with Gasteiger partial charge in [-0.15, -0.1) is 0 Å². The molecule has 5 atom stereocenters. The average Bonchev–Trinajstić information content (AvgIpc) is 3.51. The van der Waals surface area contributed by atoms with Crippen molar-refractivity contribution in [1.29, 1.82) is 0 Å². The van der Waals surface area contributed by atoms with E-state index in [1.54, 1.807) is 0 Å². The predicted molar refractivity (Wildman–Crippen MR) is 354 cm³/mol. The van der Waals surface area contributed by atoms with Crippen LogP contribution >= 0.6 is 15.6 Å². The number of allylic oxidation sites excluding steroid dienone is 4. The van der Waals surface area contributed by atoms with Crippen LogP contribution in [0.25, 0.3) is 0 Å². The van der Waals surface area contributed by atoms with Gasteiger partial charge in [0.05, 0.1) is 26.4 Å². The Morgan fingerprint density at radius 2 is 0.614 bits per heavy atom. The van der Waals surface area contributed by atoms with E-state index in [2.05, 4.69) is 58.9 Å². The summed E-state index contributed by atoms with van der Waals surface area (Å²) < 4.78 is 68.1. The average molecular weight is 1290 g/mol. The van der Waals surface area contributed by atoms with Gasteiger partial charge in [-0.25, -0.2) is 9.13 Å². The maximum Gasteiger partial charge on any atom is 0.472 e. The molecule has 0 heterocycles. The zero-order valence-corrected chi connectivity index (χ0v) is 58.1. The van der Waals surface area contributed by atoms with E-state index in [0.29, 0.717) is 25.7 Å². The van der Waals surface area contributed by atoms with E-state index in [1.807, 2.05) is 0 Å². The monoisotopic (exact) mass is 1290 g/mol. The van der Waals surface area contributed by atoms with E-state index in [1.165, 1.54) is 135 Å². The fourth-order valence-electron chi connectivity index (χ4n) is 9.93. The van der Waals surface area contributed by atoms with Crippen LogP contribution < -0.4 is 0 Å². The number of aliphatic hydroxyl groups is 1. The third kappa shape index (κ3) is 62.4. The van der Waals surface area contributed by atoms with Crippen molar-refractivity contribution in [1.82, 2.24) is 0 Å². The van der Waals surface area contributed by atoms with Crippen LogP contribution in [0, 0.1) is 5.92 Å². The molecule has 0 rings (SSSR count). The highest BCUT2D eigenvalue weighted by Gasteiger charge is 2.30. The van der Waals surface area contributed by atoms with Gasteiger partial charge in [0.15, 0.2) is 12.2 Å². The molecule has 0 aromatic heterocycles. The Kier molecular flexibility index (Phi) is 60.3. The van der Waals surface area contributed by atoms with Crippen molar-refractivity contribution in [2.24, 2.45) is 5.92 Å². The van der Waals surface area contributed by atoms with Crippen molar-refractivity contribution >= 4 is 39.5 Å². The Balaban J connectivity index is 5.26. The first-order valence-corrected chi connectivity index (χ1v) is 38.4. The number of ether oxygens (including phenoxy) is 4. The molecule has 0 bridgehead atoms. The molecule has 0 saturated heterocycles. The van der Waals surface area contributed by atoms with Crippen molar-refractivity contribution in [2.45, 2.75) is 348 Å². The fraction of sp³-hybridized carbons (Fsp3) is 0.884. The molecule has 0 amide bonds. The highest BCUT2D eigenvalue weighted by molar-refractivity contribution is 7.47. The lowest BCUT2D eigenvalue weighted by Crippen LogP contribution is -2.30. The van der Waals surface area contributed by atoms with Gasteiger partial charge >= 0.3 is 39.5 Å². The van der Waals surface area contributed by atoms with Gasteiger partial charge in [0.1, 0.15) is 19.3 Å². The van der Waals surface area contributed by atoms with Crippen LogP contribution in [0.1, 0.15) is 330 Å². The van der Waals surface area contributed by atoms with E-state index in [9.17, 15) is 43.2 Å². The fourth-order valence-corrected chi connectivity index (χ4v) is 11.5. The third-order valence-corrected chi connectivity index (χ3v) is 17.3. The Morgan fingerprint density at radius 1 is 0.352 bits per heavy atom. The Morgan fingerprint density at radius 3 is 0.932 bits per heavy atom. The summed E-state index contributed by atoms with van der Waals surface area (Å²) in [6.07, 6.45) is 50.8. The molecule has 0 aliphatic heterocycles. The smallest absolute Gasteiger partial charge is 0.462 e.